The SMILES string of the molecule is CCCCCCCCCCCCCCCC(=O)C1=C(O)[C@@H](COC(=O)C(=[N+]=[N-])C(=O)OCC)OC1=O. The number of hydrogen-bond acceptors (Lipinski definition) is 8. The Bertz CT molecular complexity index is 830. The van der Waals surface area contributed by atoms with Crippen LogP contribution >= 0.6 is 0 Å². The van der Waals surface area contributed by atoms with Crippen LogP contribution in [0.2, 0.25) is 0 Å². The lowest BCUT2D eigenvalue weighted by Crippen LogP contribution is -2.32. The van der Waals surface area contributed by atoms with E-state index in [1.807, 2.05) is 0 Å². The maximum absolute atomic E-state index is 12.4. The smallest absolute Gasteiger partial charge is 0.482 e. The monoisotopic (exact) mass is 508 g/mol. The number of ether oxygens (including phenoxy) is 3. The molecular formula is C26H40N2O8. The van der Waals surface area contributed by atoms with E-state index >= 15 is 0 Å². The number of rotatable bonds is 20. The number of aliphatic hydroxyl groups excluding tert-OH is 1. The molecule has 0 aliphatic carbocycles. The molecular weight excluding hydrogens is 468 g/mol. The molecule has 0 saturated heterocycles. The zero-order valence-electron chi connectivity index (χ0n) is 21.6. The zero-order valence-corrected chi connectivity index (χ0v) is 21.6. The van der Waals surface area contributed by atoms with E-state index in [1.54, 1.807) is 0 Å². The van der Waals surface area contributed by atoms with Gasteiger partial charge < -0.3 is 24.8 Å². The van der Waals surface area contributed by atoms with E-state index in [0.29, 0.717) is 6.42 Å². The molecule has 10 heteroatoms. The molecule has 0 radical (unpaired) electrons. The number of carbonyl (C=O) groups is 4. The van der Waals surface area contributed by atoms with E-state index < -0.39 is 53.4 Å². The lowest BCUT2D eigenvalue weighted by Gasteiger charge is -2.09. The first-order chi connectivity index (χ1) is 17.4. The highest BCUT2D eigenvalue weighted by molar-refractivity contribution is 6.60. The fourth-order valence-corrected chi connectivity index (χ4v) is 3.89. The van der Waals surface area contributed by atoms with E-state index in [0.717, 1.165) is 19.3 Å². The Morgan fingerprint density at radius 2 is 1.36 bits per heavy atom. The molecule has 0 bridgehead atoms. The highest BCUT2D eigenvalue weighted by Crippen LogP contribution is 2.24. The van der Waals surface area contributed by atoms with Crippen LogP contribution in [0.1, 0.15) is 104 Å². The summed E-state index contributed by atoms with van der Waals surface area (Å²) < 4.78 is 14.2. The second kappa shape index (κ2) is 18.3. The van der Waals surface area contributed by atoms with Gasteiger partial charge in [-0.2, -0.15) is 4.79 Å². The Balaban J connectivity index is 2.30. The van der Waals surface area contributed by atoms with Gasteiger partial charge in [0.25, 0.3) is 0 Å². The number of esters is 3. The van der Waals surface area contributed by atoms with Crippen LogP contribution in [0.15, 0.2) is 11.3 Å². The molecule has 0 aromatic heterocycles. The van der Waals surface area contributed by atoms with Gasteiger partial charge in [0, 0.05) is 6.42 Å². The second-order valence-corrected chi connectivity index (χ2v) is 8.84. The number of aliphatic hydroxyl groups is 1. The number of unbranched alkanes of at least 4 members (excludes halogenated alkanes) is 12. The van der Waals surface area contributed by atoms with Crippen LogP contribution in [0, 0.1) is 0 Å². The first-order valence-corrected chi connectivity index (χ1v) is 13.1. The average Bonchev–Trinajstić information content (AvgIpc) is 3.14. The fraction of sp³-hybridized carbons (Fsp3) is 0.731. The normalized spacial score (nSPS) is 14.8. The third-order valence-electron chi connectivity index (χ3n) is 5.93. The molecule has 0 aromatic rings. The summed E-state index contributed by atoms with van der Waals surface area (Å²) in [6, 6.07) is 0. The van der Waals surface area contributed by atoms with Gasteiger partial charge in [0.2, 0.25) is 0 Å². The molecule has 202 valence electrons. The van der Waals surface area contributed by atoms with Crippen molar-refractivity contribution >= 4 is 29.4 Å². The third kappa shape index (κ3) is 11.2. The summed E-state index contributed by atoms with van der Waals surface area (Å²) in [5, 5.41) is 10.2. The van der Waals surface area contributed by atoms with Gasteiger partial charge in [-0.3, -0.25) is 4.79 Å². The van der Waals surface area contributed by atoms with Crippen LogP contribution in [0.4, 0.5) is 0 Å². The second-order valence-electron chi connectivity index (χ2n) is 8.84. The minimum atomic E-state index is -1.38. The molecule has 36 heavy (non-hydrogen) atoms. The molecule has 0 spiro atoms. The standard InChI is InChI=1S/C26H40N2O8/c1-3-5-6-7-8-9-10-11-12-13-14-15-16-17-19(29)21-23(30)20(36-24(21)31)18-35-26(33)22(28-27)25(32)34-4-2/h20,30H,3-18H2,1-2H3/t20-/m1/s1. The van der Waals surface area contributed by atoms with Gasteiger partial charge in [-0.05, 0) is 13.3 Å². The van der Waals surface area contributed by atoms with Crippen LogP contribution in [0.3, 0.4) is 0 Å². The predicted octanol–water partition coefficient (Wildman–Crippen LogP) is 4.55. The van der Waals surface area contributed by atoms with Gasteiger partial charge in [-0.25, -0.2) is 14.4 Å². The topological polar surface area (TPSA) is 153 Å². The van der Waals surface area contributed by atoms with Crippen molar-refractivity contribution in [2.24, 2.45) is 0 Å². The molecule has 1 aliphatic rings. The first kappa shape index (κ1) is 31.0. The lowest BCUT2D eigenvalue weighted by molar-refractivity contribution is -0.154. The highest BCUT2D eigenvalue weighted by Gasteiger charge is 2.40. The van der Waals surface area contributed by atoms with Gasteiger partial charge >= 0.3 is 23.6 Å². The molecule has 0 fully saturated rings. The van der Waals surface area contributed by atoms with Crippen LogP contribution < -0.4 is 0 Å². The Morgan fingerprint density at radius 3 is 1.86 bits per heavy atom. The van der Waals surface area contributed by atoms with Crippen LogP contribution in [-0.2, 0) is 33.4 Å². The van der Waals surface area contributed by atoms with E-state index in [4.69, 9.17) is 15.0 Å². The number of Topliss-reactive ketones (excluding diaryl/α,β-unsaturated/α-hetero) is 1. The molecule has 0 aromatic carbocycles. The lowest BCUT2D eigenvalue weighted by atomic mass is 10.0. The van der Waals surface area contributed by atoms with E-state index in [1.165, 1.54) is 64.7 Å². The number of hydrogen-bond donors (Lipinski definition) is 1. The molecule has 1 atom stereocenters. The minimum Gasteiger partial charge on any atom is -0.507 e. The van der Waals surface area contributed by atoms with Crippen LogP contribution in [0.25, 0.3) is 5.53 Å². The summed E-state index contributed by atoms with van der Waals surface area (Å²) in [5.41, 5.74) is 7.37. The van der Waals surface area contributed by atoms with E-state index in [9.17, 15) is 24.3 Å². The number of cyclic esters (lactones) is 1. The quantitative estimate of drug-likeness (QED) is 0.0367. The Kier molecular flexibility index (Phi) is 15.8. The van der Waals surface area contributed by atoms with Gasteiger partial charge in [0.1, 0.15) is 12.2 Å². The predicted molar refractivity (Wildman–Crippen MR) is 131 cm³/mol. The minimum absolute atomic E-state index is 0.0559. The maximum atomic E-state index is 12.4. The van der Waals surface area contributed by atoms with Crippen molar-refractivity contribution in [3.05, 3.63) is 16.9 Å². The molecule has 1 aliphatic heterocycles. The number of nitrogens with zero attached hydrogens (tertiary/aromatic N) is 2. The molecule has 1 heterocycles. The number of carbonyl (C=O) groups excluding carboxylic acids is 4. The van der Waals surface area contributed by atoms with Gasteiger partial charge in [0.05, 0.1) is 6.61 Å². The molecule has 0 amide bonds. The van der Waals surface area contributed by atoms with Crippen molar-refractivity contribution in [1.29, 1.82) is 0 Å². The van der Waals surface area contributed by atoms with Crippen molar-refractivity contribution in [2.75, 3.05) is 13.2 Å². The van der Waals surface area contributed by atoms with E-state index in [-0.39, 0.29) is 13.0 Å². The van der Waals surface area contributed by atoms with Crippen LogP contribution in [-0.4, -0.2) is 58.6 Å². The van der Waals surface area contributed by atoms with Crippen molar-refractivity contribution in [1.82, 2.24) is 0 Å². The zero-order chi connectivity index (χ0) is 26.8. The summed E-state index contributed by atoms with van der Waals surface area (Å²) in [7, 11) is 0. The molecule has 10 nitrogen and oxygen atoms in total. The van der Waals surface area contributed by atoms with Crippen LogP contribution in [0.5, 0.6) is 0 Å². The van der Waals surface area contributed by atoms with Gasteiger partial charge in [0.15, 0.2) is 17.6 Å². The maximum Gasteiger partial charge on any atom is 0.482 e. The first-order valence-electron chi connectivity index (χ1n) is 13.1. The largest absolute Gasteiger partial charge is 0.507 e. The van der Waals surface area contributed by atoms with Crippen molar-refractivity contribution in [3.8, 4) is 0 Å². The molecule has 0 unspecified atom stereocenters. The summed E-state index contributed by atoms with van der Waals surface area (Å²) in [6.07, 6.45) is 13.9. The molecule has 1 rings (SSSR count). The summed E-state index contributed by atoms with van der Waals surface area (Å²) >= 11 is 0. The molecule has 0 saturated carbocycles. The Hall–Kier alpha value is -3.00. The van der Waals surface area contributed by atoms with Crippen molar-refractivity contribution in [2.45, 2.75) is 110 Å². The Morgan fingerprint density at radius 1 is 0.861 bits per heavy atom. The fourth-order valence-electron chi connectivity index (χ4n) is 3.89. The molecule has 1 N–H and O–H groups in total. The third-order valence-corrected chi connectivity index (χ3v) is 5.93. The van der Waals surface area contributed by atoms with Crippen molar-refractivity contribution in [3.63, 3.8) is 0 Å². The summed E-state index contributed by atoms with van der Waals surface area (Å²) in [5.74, 6) is -4.66. The summed E-state index contributed by atoms with van der Waals surface area (Å²) in [6.45, 7) is 3.00. The average molecular weight is 509 g/mol. The van der Waals surface area contributed by atoms with Gasteiger partial charge in [-0.15, -0.1) is 0 Å². The summed E-state index contributed by atoms with van der Waals surface area (Å²) in [4.78, 5) is 50.4. The van der Waals surface area contributed by atoms with Crippen molar-refractivity contribution < 1.29 is 43.3 Å². The van der Waals surface area contributed by atoms with E-state index in [2.05, 4.69) is 16.5 Å². The highest BCUT2D eigenvalue weighted by atomic mass is 16.6. The van der Waals surface area contributed by atoms with Gasteiger partial charge in [-0.1, -0.05) is 84.0 Å². The Labute approximate surface area is 213 Å². The number of ketones is 1.